The van der Waals surface area contributed by atoms with Gasteiger partial charge in [-0.2, -0.15) is 0 Å². The summed E-state index contributed by atoms with van der Waals surface area (Å²) in [6, 6.07) is 4.44. The SMILES string of the molecule is CC(NC(=O)[C@H](C)N)c1ccc(Cl)cc1Cl.Cl. The molecule has 0 aliphatic carbocycles. The minimum Gasteiger partial charge on any atom is -0.348 e. The van der Waals surface area contributed by atoms with Crippen molar-refractivity contribution in [3.8, 4) is 0 Å². The number of hydrogen-bond donors (Lipinski definition) is 2. The van der Waals surface area contributed by atoms with Crippen molar-refractivity contribution in [2.75, 3.05) is 0 Å². The van der Waals surface area contributed by atoms with Gasteiger partial charge in [-0.05, 0) is 31.5 Å². The Bertz CT molecular complexity index is 396. The van der Waals surface area contributed by atoms with Gasteiger partial charge in [0, 0.05) is 10.0 Å². The van der Waals surface area contributed by atoms with Crippen molar-refractivity contribution in [1.29, 1.82) is 0 Å². The van der Waals surface area contributed by atoms with E-state index >= 15 is 0 Å². The molecule has 1 amide bonds. The van der Waals surface area contributed by atoms with Crippen LogP contribution in [0.5, 0.6) is 0 Å². The highest BCUT2D eigenvalue weighted by Gasteiger charge is 2.14. The second-order valence-corrected chi connectivity index (χ2v) is 4.53. The van der Waals surface area contributed by atoms with Gasteiger partial charge < -0.3 is 11.1 Å². The fourth-order valence-electron chi connectivity index (χ4n) is 1.28. The normalized spacial score (nSPS) is 13.5. The Balaban J connectivity index is 0.00000256. The van der Waals surface area contributed by atoms with Crippen LogP contribution < -0.4 is 11.1 Å². The first-order valence-corrected chi connectivity index (χ1v) is 5.68. The Hall–Kier alpha value is -0.480. The van der Waals surface area contributed by atoms with Crippen molar-refractivity contribution >= 4 is 41.5 Å². The number of hydrogen-bond acceptors (Lipinski definition) is 2. The molecule has 3 N–H and O–H groups in total. The summed E-state index contributed by atoms with van der Waals surface area (Å²) in [5, 5.41) is 3.87. The Labute approximate surface area is 117 Å². The monoisotopic (exact) mass is 296 g/mol. The van der Waals surface area contributed by atoms with E-state index in [9.17, 15) is 4.79 Å². The molecule has 2 atom stereocenters. The summed E-state index contributed by atoms with van der Waals surface area (Å²) in [6.45, 7) is 3.47. The molecule has 3 nitrogen and oxygen atoms in total. The molecular formula is C11H15Cl3N2O. The average Bonchev–Trinajstić information content (AvgIpc) is 2.16. The third-order valence-electron chi connectivity index (χ3n) is 2.20. The van der Waals surface area contributed by atoms with Gasteiger partial charge in [0.05, 0.1) is 12.1 Å². The second-order valence-electron chi connectivity index (χ2n) is 3.68. The average molecular weight is 298 g/mol. The lowest BCUT2D eigenvalue weighted by molar-refractivity contribution is -0.122. The molecule has 0 bridgehead atoms. The van der Waals surface area contributed by atoms with E-state index in [2.05, 4.69) is 5.32 Å². The zero-order chi connectivity index (χ0) is 12.3. The molecule has 0 aliphatic rings. The predicted octanol–water partition coefficient (Wildman–Crippen LogP) is 2.94. The molecule has 1 aromatic carbocycles. The maximum Gasteiger partial charge on any atom is 0.237 e. The van der Waals surface area contributed by atoms with Crippen LogP contribution in [-0.4, -0.2) is 11.9 Å². The van der Waals surface area contributed by atoms with Crippen molar-refractivity contribution in [3.05, 3.63) is 33.8 Å². The van der Waals surface area contributed by atoms with Gasteiger partial charge in [-0.15, -0.1) is 12.4 Å². The molecule has 1 rings (SSSR count). The van der Waals surface area contributed by atoms with Crippen molar-refractivity contribution in [2.24, 2.45) is 5.73 Å². The minimum atomic E-state index is -0.534. The Morgan fingerprint density at radius 1 is 1.35 bits per heavy atom. The van der Waals surface area contributed by atoms with E-state index in [1.807, 2.05) is 6.92 Å². The second kappa shape index (κ2) is 7.07. The predicted molar refractivity (Wildman–Crippen MR) is 73.9 cm³/mol. The Kier molecular flexibility index (Phi) is 6.87. The molecule has 6 heteroatoms. The first-order valence-electron chi connectivity index (χ1n) is 4.92. The lowest BCUT2D eigenvalue weighted by atomic mass is 10.1. The third kappa shape index (κ3) is 4.72. The summed E-state index contributed by atoms with van der Waals surface area (Å²) < 4.78 is 0. The molecule has 0 saturated heterocycles. The molecule has 0 fully saturated rings. The molecule has 96 valence electrons. The summed E-state index contributed by atoms with van der Waals surface area (Å²) in [4.78, 5) is 11.4. The van der Waals surface area contributed by atoms with E-state index in [1.54, 1.807) is 25.1 Å². The maximum atomic E-state index is 11.4. The first kappa shape index (κ1) is 16.5. The van der Waals surface area contributed by atoms with Crippen LogP contribution >= 0.6 is 35.6 Å². The van der Waals surface area contributed by atoms with Gasteiger partial charge >= 0.3 is 0 Å². The van der Waals surface area contributed by atoms with Crippen LogP contribution in [0, 0.1) is 0 Å². The Morgan fingerprint density at radius 3 is 2.41 bits per heavy atom. The highest BCUT2D eigenvalue weighted by molar-refractivity contribution is 6.35. The summed E-state index contributed by atoms with van der Waals surface area (Å²) in [5.74, 6) is -0.210. The van der Waals surface area contributed by atoms with Gasteiger partial charge in [0.1, 0.15) is 0 Å². The van der Waals surface area contributed by atoms with Crippen molar-refractivity contribution in [3.63, 3.8) is 0 Å². The van der Waals surface area contributed by atoms with Crippen LogP contribution in [0.2, 0.25) is 10.0 Å². The number of amides is 1. The number of benzene rings is 1. The minimum absolute atomic E-state index is 0. The van der Waals surface area contributed by atoms with E-state index in [4.69, 9.17) is 28.9 Å². The maximum absolute atomic E-state index is 11.4. The van der Waals surface area contributed by atoms with Crippen LogP contribution in [0.1, 0.15) is 25.5 Å². The van der Waals surface area contributed by atoms with Crippen molar-refractivity contribution in [2.45, 2.75) is 25.9 Å². The number of nitrogens with two attached hydrogens (primary N) is 1. The lowest BCUT2D eigenvalue weighted by Gasteiger charge is -2.17. The summed E-state index contributed by atoms with van der Waals surface area (Å²) in [7, 11) is 0. The molecule has 0 aliphatic heterocycles. The summed E-state index contributed by atoms with van der Waals surface area (Å²) in [6.07, 6.45) is 0. The number of halogens is 3. The van der Waals surface area contributed by atoms with E-state index in [1.165, 1.54) is 0 Å². The van der Waals surface area contributed by atoms with Gasteiger partial charge in [0.15, 0.2) is 0 Å². The van der Waals surface area contributed by atoms with Crippen LogP contribution in [0.4, 0.5) is 0 Å². The molecule has 0 aromatic heterocycles. The molecule has 0 radical (unpaired) electrons. The smallest absolute Gasteiger partial charge is 0.237 e. The third-order valence-corrected chi connectivity index (χ3v) is 2.76. The van der Waals surface area contributed by atoms with Gasteiger partial charge in [-0.1, -0.05) is 29.3 Å². The van der Waals surface area contributed by atoms with E-state index < -0.39 is 6.04 Å². The van der Waals surface area contributed by atoms with Crippen LogP contribution in [0.3, 0.4) is 0 Å². The highest BCUT2D eigenvalue weighted by Crippen LogP contribution is 2.25. The largest absolute Gasteiger partial charge is 0.348 e. The molecule has 0 spiro atoms. The first-order chi connectivity index (χ1) is 7.41. The van der Waals surface area contributed by atoms with Crippen LogP contribution in [0.15, 0.2) is 18.2 Å². The van der Waals surface area contributed by atoms with Crippen molar-refractivity contribution < 1.29 is 4.79 Å². The molecule has 17 heavy (non-hydrogen) atoms. The molecule has 0 heterocycles. The number of rotatable bonds is 3. The highest BCUT2D eigenvalue weighted by atomic mass is 35.5. The summed E-state index contributed by atoms with van der Waals surface area (Å²) in [5.41, 5.74) is 6.28. The number of carbonyl (C=O) groups is 1. The van der Waals surface area contributed by atoms with Crippen LogP contribution in [-0.2, 0) is 4.79 Å². The molecule has 1 unspecified atom stereocenters. The number of carbonyl (C=O) groups excluding carboxylic acids is 1. The summed E-state index contributed by atoms with van der Waals surface area (Å²) >= 11 is 11.8. The quantitative estimate of drug-likeness (QED) is 0.901. The molecule has 0 saturated carbocycles. The van der Waals surface area contributed by atoms with E-state index in [0.717, 1.165) is 5.56 Å². The van der Waals surface area contributed by atoms with Gasteiger partial charge in [-0.3, -0.25) is 4.79 Å². The fourth-order valence-corrected chi connectivity index (χ4v) is 1.85. The van der Waals surface area contributed by atoms with Gasteiger partial charge in [-0.25, -0.2) is 0 Å². The lowest BCUT2D eigenvalue weighted by Crippen LogP contribution is -2.39. The van der Waals surface area contributed by atoms with Crippen LogP contribution in [0.25, 0.3) is 0 Å². The van der Waals surface area contributed by atoms with Gasteiger partial charge in [0.2, 0.25) is 5.91 Å². The Morgan fingerprint density at radius 2 is 1.94 bits per heavy atom. The van der Waals surface area contributed by atoms with E-state index in [0.29, 0.717) is 10.0 Å². The van der Waals surface area contributed by atoms with E-state index in [-0.39, 0.29) is 24.4 Å². The zero-order valence-electron chi connectivity index (χ0n) is 9.54. The van der Waals surface area contributed by atoms with Crippen molar-refractivity contribution in [1.82, 2.24) is 5.32 Å². The topological polar surface area (TPSA) is 55.1 Å². The number of nitrogens with one attached hydrogen (secondary N) is 1. The molecule has 1 aromatic rings. The fraction of sp³-hybridized carbons (Fsp3) is 0.364. The zero-order valence-corrected chi connectivity index (χ0v) is 11.9. The molecular weight excluding hydrogens is 282 g/mol. The van der Waals surface area contributed by atoms with Gasteiger partial charge in [0.25, 0.3) is 0 Å². The standard InChI is InChI=1S/C11H14Cl2N2O.ClH/c1-6(14)11(16)15-7(2)9-4-3-8(12)5-10(9)13;/h3-7H,14H2,1-2H3,(H,15,16);1H/t6-,7?;/m0./s1.